The minimum atomic E-state index is 0.625. The van der Waals surface area contributed by atoms with Crippen LogP contribution in [0.4, 0.5) is 0 Å². The molecule has 0 aromatic heterocycles. The molecule has 1 atom stereocenters. The van der Waals surface area contributed by atoms with E-state index >= 15 is 0 Å². The van der Waals surface area contributed by atoms with Crippen molar-refractivity contribution in [3.05, 3.63) is 35.4 Å². The van der Waals surface area contributed by atoms with E-state index in [1.54, 1.807) is 0 Å². The monoisotopic (exact) mass is 175 g/mol. The van der Waals surface area contributed by atoms with E-state index in [1.807, 2.05) is 19.1 Å². The quantitative estimate of drug-likeness (QED) is 0.679. The molecule has 13 heavy (non-hydrogen) atoms. The van der Waals surface area contributed by atoms with E-state index in [2.05, 4.69) is 26.0 Å². The van der Waals surface area contributed by atoms with Crippen molar-refractivity contribution in [3.63, 3.8) is 0 Å². The molecule has 0 spiro atoms. The van der Waals surface area contributed by atoms with Gasteiger partial charge < -0.3 is 5.41 Å². The lowest BCUT2D eigenvalue weighted by Gasteiger charge is -2.09. The van der Waals surface area contributed by atoms with Crippen LogP contribution < -0.4 is 0 Å². The first-order valence-corrected chi connectivity index (χ1v) is 4.80. The summed E-state index contributed by atoms with van der Waals surface area (Å²) in [6.45, 7) is 6.24. The zero-order chi connectivity index (χ0) is 9.84. The summed E-state index contributed by atoms with van der Waals surface area (Å²) >= 11 is 0. The van der Waals surface area contributed by atoms with Crippen LogP contribution in [0.15, 0.2) is 24.3 Å². The van der Waals surface area contributed by atoms with Crippen LogP contribution in [-0.4, -0.2) is 5.71 Å². The van der Waals surface area contributed by atoms with Crippen LogP contribution in [0.5, 0.6) is 0 Å². The van der Waals surface area contributed by atoms with Gasteiger partial charge in [0.1, 0.15) is 0 Å². The molecular formula is C12H17N. The van der Waals surface area contributed by atoms with Gasteiger partial charge >= 0.3 is 0 Å². The molecular weight excluding hydrogens is 158 g/mol. The molecule has 1 nitrogen and oxygen atoms in total. The average Bonchev–Trinajstić information content (AvgIpc) is 2.17. The fourth-order valence-corrected chi connectivity index (χ4v) is 1.30. The van der Waals surface area contributed by atoms with Gasteiger partial charge in [-0.1, -0.05) is 38.1 Å². The molecule has 1 rings (SSSR count). The fourth-order valence-electron chi connectivity index (χ4n) is 1.30. The predicted octanol–water partition coefficient (Wildman–Crippen LogP) is 3.59. The fraction of sp³-hybridized carbons (Fsp3) is 0.417. The summed E-state index contributed by atoms with van der Waals surface area (Å²) in [4.78, 5) is 0. The third kappa shape index (κ3) is 2.41. The molecule has 0 aliphatic heterocycles. The summed E-state index contributed by atoms with van der Waals surface area (Å²) in [6.07, 6.45) is 1.17. The van der Waals surface area contributed by atoms with Crippen LogP contribution in [0.1, 0.15) is 44.2 Å². The number of nitrogens with one attached hydrogen (secondary N) is 1. The molecule has 0 saturated heterocycles. The van der Waals surface area contributed by atoms with E-state index in [-0.39, 0.29) is 0 Å². The Kier molecular flexibility index (Phi) is 3.24. The van der Waals surface area contributed by atoms with Gasteiger partial charge in [0, 0.05) is 5.71 Å². The third-order valence-corrected chi connectivity index (χ3v) is 2.53. The van der Waals surface area contributed by atoms with Gasteiger partial charge in [-0.15, -0.1) is 0 Å². The summed E-state index contributed by atoms with van der Waals surface area (Å²) < 4.78 is 0. The third-order valence-electron chi connectivity index (χ3n) is 2.53. The highest BCUT2D eigenvalue weighted by atomic mass is 14.4. The Morgan fingerprint density at radius 3 is 2.23 bits per heavy atom. The maximum absolute atomic E-state index is 7.46. The Hall–Kier alpha value is -1.11. The van der Waals surface area contributed by atoms with Crippen molar-refractivity contribution in [3.8, 4) is 0 Å². The van der Waals surface area contributed by atoms with Crippen LogP contribution in [0.2, 0.25) is 0 Å². The number of rotatable bonds is 3. The van der Waals surface area contributed by atoms with Gasteiger partial charge in [0.15, 0.2) is 0 Å². The molecule has 0 saturated carbocycles. The highest BCUT2D eigenvalue weighted by molar-refractivity contribution is 5.96. The van der Waals surface area contributed by atoms with Gasteiger partial charge in [0.05, 0.1) is 0 Å². The Morgan fingerprint density at radius 2 is 1.85 bits per heavy atom. The van der Waals surface area contributed by atoms with Gasteiger partial charge in [0.2, 0.25) is 0 Å². The highest BCUT2D eigenvalue weighted by Gasteiger charge is 2.02. The summed E-state index contributed by atoms with van der Waals surface area (Å²) in [5.74, 6) is 0.625. The molecule has 0 radical (unpaired) electrons. The van der Waals surface area contributed by atoms with E-state index < -0.39 is 0 Å². The first-order chi connectivity index (χ1) is 6.15. The smallest absolute Gasteiger partial charge is 0.0355 e. The summed E-state index contributed by atoms with van der Waals surface area (Å²) in [7, 11) is 0. The molecule has 0 aliphatic carbocycles. The summed E-state index contributed by atoms with van der Waals surface area (Å²) in [5, 5.41) is 7.46. The summed E-state index contributed by atoms with van der Waals surface area (Å²) in [6, 6.07) is 8.32. The van der Waals surface area contributed by atoms with Gasteiger partial charge in [0.25, 0.3) is 0 Å². The standard InChI is InChI=1S/C12H17N/c1-4-9(2)11-5-7-12(8-6-11)10(3)13/h5-9,13H,4H2,1-3H3. The van der Waals surface area contributed by atoms with Crippen LogP contribution in [0.3, 0.4) is 0 Å². The minimum Gasteiger partial charge on any atom is -0.305 e. The lowest BCUT2D eigenvalue weighted by atomic mass is 9.97. The van der Waals surface area contributed by atoms with Gasteiger partial charge in [-0.05, 0) is 30.4 Å². The molecule has 0 bridgehead atoms. The highest BCUT2D eigenvalue weighted by Crippen LogP contribution is 2.18. The second-order valence-corrected chi connectivity index (χ2v) is 3.56. The van der Waals surface area contributed by atoms with E-state index in [9.17, 15) is 0 Å². The maximum Gasteiger partial charge on any atom is 0.0355 e. The van der Waals surface area contributed by atoms with Crippen molar-refractivity contribution in [2.75, 3.05) is 0 Å². The number of hydrogen-bond donors (Lipinski definition) is 1. The van der Waals surface area contributed by atoms with Crippen molar-refractivity contribution < 1.29 is 0 Å². The van der Waals surface area contributed by atoms with E-state index in [4.69, 9.17) is 5.41 Å². The Balaban J connectivity index is 2.87. The molecule has 1 unspecified atom stereocenters. The van der Waals surface area contributed by atoms with E-state index in [0.29, 0.717) is 11.6 Å². The first-order valence-electron chi connectivity index (χ1n) is 4.80. The molecule has 0 fully saturated rings. The van der Waals surface area contributed by atoms with Crippen molar-refractivity contribution in [2.45, 2.75) is 33.1 Å². The molecule has 1 aromatic carbocycles. The summed E-state index contributed by atoms with van der Waals surface area (Å²) in [5.41, 5.74) is 3.02. The van der Waals surface area contributed by atoms with E-state index in [1.165, 1.54) is 12.0 Å². The van der Waals surface area contributed by atoms with Crippen molar-refractivity contribution >= 4 is 5.71 Å². The maximum atomic E-state index is 7.46. The SMILES string of the molecule is CCC(C)c1ccc(C(C)=N)cc1. The first kappa shape index (κ1) is 9.97. The average molecular weight is 175 g/mol. The lowest BCUT2D eigenvalue weighted by molar-refractivity contribution is 0.733. The van der Waals surface area contributed by atoms with Crippen molar-refractivity contribution in [2.24, 2.45) is 0 Å². The van der Waals surface area contributed by atoms with Crippen LogP contribution in [0.25, 0.3) is 0 Å². The normalized spacial score (nSPS) is 12.5. The Labute approximate surface area is 80.3 Å². The topological polar surface area (TPSA) is 23.9 Å². The van der Waals surface area contributed by atoms with Gasteiger partial charge in [-0.2, -0.15) is 0 Å². The Morgan fingerprint density at radius 1 is 1.31 bits per heavy atom. The molecule has 1 heteroatoms. The van der Waals surface area contributed by atoms with Crippen molar-refractivity contribution in [1.82, 2.24) is 0 Å². The van der Waals surface area contributed by atoms with E-state index in [0.717, 1.165) is 5.56 Å². The zero-order valence-electron chi connectivity index (χ0n) is 8.59. The largest absolute Gasteiger partial charge is 0.305 e. The predicted molar refractivity (Wildman–Crippen MR) is 57.7 cm³/mol. The molecule has 70 valence electrons. The molecule has 1 aromatic rings. The second kappa shape index (κ2) is 4.22. The van der Waals surface area contributed by atoms with Crippen LogP contribution >= 0.6 is 0 Å². The molecule has 0 amide bonds. The minimum absolute atomic E-state index is 0.625. The molecule has 0 aliphatic rings. The number of hydrogen-bond acceptors (Lipinski definition) is 1. The molecule has 0 heterocycles. The Bertz CT molecular complexity index is 284. The molecule has 1 N–H and O–H groups in total. The van der Waals surface area contributed by atoms with Crippen LogP contribution in [-0.2, 0) is 0 Å². The lowest BCUT2D eigenvalue weighted by Crippen LogP contribution is -1.95. The van der Waals surface area contributed by atoms with Crippen molar-refractivity contribution in [1.29, 1.82) is 5.41 Å². The van der Waals surface area contributed by atoms with Crippen LogP contribution in [0, 0.1) is 5.41 Å². The van der Waals surface area contributed by atoms with Gasteiger partial charge in [-0.3, -0.25) is 0 Å². The zero-order valence-corrected chi connectivity index (χ0v) is 8.59. The van der Waals surface area contributed by atoms with Gasteiger partial charge in [-0.25, -0.2) is 0 Å². The number of benzene rings is 1. The second-order valence-electron chi connectivity index (χ2n) is 3.56.